The molecular weight excluding hydrogens is 194 g/mol. The van der Waals surface area contributed by atoms with E-state index in [0.29, 0.717) is 0 Å². The Hall–Kier alpha value is -0.713. The van der Waals surface area contributed by atoms with E-state index < -0.39 is 0 Å². The average molecular weight is 211 g/mol. The van der Waals surface area contributed by atoms with Crippen molar-refractivity contribution in [2.24, 2.45) is 0 Å². The number of pyridine rings is 1. The maximum atomic E-state index is 5.16. The van der Waals surface area contributed by atoms with E-state index in [-0.39, 0.29) is 15.4 Å². The number of nitrogens with zero attached hydrogens (tertiary/aromatic N) is 1. The zero-order valence-electron chi connectivity index (χ0n) is 8.77. The molecule has 3 nitrogen and oxygen atoms in total. The highest BCUT2D eigenvalue weighted by Gasteiger charge is 2.05. The van der Waals surface area contributed by atoms with Gasteiger partial charge in [0.1, 0.15) is 5.91 Å². The minimum atomic E-state index is -0.303. The summed E-state index contributed by atoms with van der Waals surface area (Å²) in [5, 5.41) is 0. The zero-order chi connectivity index (χ0) is 10.2. The monoisotopic (exact) mass is 211 g/mol. The van der Waals surface area contributed by atoms with Crippen molar-refractivity contribution in [2.45, 2.75) is 18.4 Å². The van der Waals surface area contributed by atoms with Crippen molar-refractivity contribution in [3.8, 4) is 0 Å². The minimum absolute atomic E-state index is 0.0544. The van der Waals surface area contributed by atoms with Crippen LogP contribution in [-0.2, 0) is 15.9 Å². The molecule has 0 aliphatic rings. The second-order valence-electron chi connectivity index (χ2n) is 3.11. The molecule has 1 rings (SSSR count). The fraction of sp³-hybridized carbons (Fsp3) is 0.500. The van der Waals surface area contributed by atoms with Gasteiger partial charge in [0, 0.05) is 26.1 Å². The van der Waals surface area contributed by atoms with E-state index in [1.165, 1.54) is 6.04 Å². The van der Waals surface area contributed by atoms with Gasteiger partial charge in [0.25, 0.3) is 0 Å². The molecule has 1 heterocycles. The third-order valence-corrected chi connectivity index (χ3v) is 4.02. The molecule has 0 unspecified atom stereocenters. The molecule has 0 saturated carbocycles. The molecule has 78 valence electrons. The smallest absolute Gasteiger partial charge is 0.134 e. The van der Waals surface area contributed by atoms with Gasteiger partial charge in [0.15, 0.2) is 0 Å². The van der Waals surface area contributed by atoms with Crippen molar-refractivity contribution in [3.05, 3.63) is 30.1 Å². The fourth-order valence-corrected chi connectivity index (χ4v) is 2.70. The first-order valence-electron chi connectivity index (χ1n) is 4.82. The van der Waals surface area contributed by atoms with E-state index in [4.69, 9.17) is 9.47 Å². The van der Waals surface area contributed by atoms with Crippen LogP contribution in [0.4, 0.5) is 0 Å². The summed E-state index contributed by atoms with van der Waals surface area (Å²) in [7, 11) is 3.09. The summed E-state index contributed by atoms with van der Waals surface area (Å²) in [5.41, 5.74) is 1.16. The summed E-state index contributed by atoms with van der Waals surface area (Å²) in [6.45, 7) is 0. The van der Waals surface area contributed by atoms with Crippen LogP contribution in [0.3, 0.4) is 0 Å². The Balaban J connectivity index is 2.21. The molecule has 0 spiro atoms. The fourth-order valence-electron chi connectivity index (χ4n) is 1.33. The molecule has 0 bridgehead atoms. The molecule has 1 aromatic heterocycles. The highest BCUT2D eigenvalue weighted by molar-refractivity contribution is 6.36. The second kappa shape index (κ2) is 6.70. The van der Waals surface area contributed by atoms with Gasteiger partial charge >= 0.3 is 0 Å². The Bertz CT molecular complexity index is 239. The maximum absolute atomic E-state index is 5.16. The lowest BCUT2D eigenvalue weighted by atomic mass is 10.3. The number of aryl methyl sites for hydroxylation is 1. The number of hydrogen-bond donors (Lipinski definition) is 0. The standard InChI is InChI=1S/C10H17NO2Si/c1-12-10(13-2)14-8-6-9-5-3-4-7-11-9/h3-5,7,10H,6,8,14H2,1-2H3. The highest BCUT2D eigenvalue weighted by Crippen LogP contribution is 2.00. The number of methoxy groups -OCH3 is 2. The Kier molecular flexibility index (Phi) is 5.44. The van der Waals surface area contributed by atoms with Crippen LogP contribution in [0.25, 0.3) is 0 Å². The molecule has 14 heavy (non-hydrogen) atoms. The molecule has 0 aromatic carbocycles. The maximum Gasteiger partial charge on any atom is 0.134 e. The summed E-state index contributed by atoms with van der Waals surface area (Å²) < 4.78 is 10.3. The van der Waals surface area contributed by atoms with E-state index >= 15 is 0 Å². The van der Waals surface area contributed by atoms with E-state index in [9.17, 15) is 0 Å². The van der Waals surface area contributed by atoms with Crippen molar-refractivity contribution in [2.75, 3.05) is 14.2 Å². The van der Waals surface area contributed by atoms with Crippen LogP contribution in [0, 0.1) is 0 Å². The van der Waals surface area contributed by atoms with Crippen molar-refractivity contribution >= 4 is 9.52 Å². The first-order valence-corrected chi connectivity index (χ1v) is 6.64. The van der Waals surface area contributed by atoms with Crippen LogP contribution in [0.1, 0.15) is 5.69 Å². The Labute approximate surface area is 87.3 Å². The van der Waals surface area contributed by atoms with Crippen LogP contribution in [0.2, 0.25) is 6.04 Å². The largest absolute Gasteiger partial charge is 0.360 e. The summed E-state index contributed by atoms with van der Waals surface area (Å²) in [4.78, 5) is 4.27. The van der Waals surface area contributed by atoms with E-state index in [0.717, 1.165) is 12.1 Å². The summed E-state index contributed by atoms with van der Waals surface area (Å²) in [5.74, 6) is 0.0544. The number of hydrogen-bond acceptors (Lipinski definition) is 3. The molecule has 0 saturated heterocycles. The Morgan fingerprint density at radius 1 is 1.36 bits per heavy atom. The van der Waals surface area contributed by atoms with Gasteiger partial charge in [-0.1, -0.05) is 12.1 Å². The van der Waals surface area contributed by atoms with Crippen molar-refractivity contribution in [1.82, 2.24) is 4.98 Å². The summed E-state index contributed by atoms with van der Waals surface area (Å²) in [6, 6.07) is 7.19. The Morgan fingerprint density at radius 2 is 2.14 bits per heavy atom. The van der Waals surface area contributed by atoms with Gasteiger partial charge in [0.2, 0.25) is 0 Å². The molecular formula is C10H17NO2Si. The van der Waals surface area contributed by atoms with E-state index in [1.54, 1.807) is 14.2 Å². The van der Waals surface area contributed by atoms with E-state index in [1.807, 2.05) is 18.3 Å². The molecule has 0 amide bonds. The lowest BCUT2D eigenvalue weighted by Crippen LogP contribution is -2.21. The van der Waals surface area contributed by atoms with Gasteiger partial charge in [-0.2, -0.15) is 0 Å². The summed E-state index contributed by atoms with van der Waals surface area (Å²) >= 11 is 0. The van der Waals surface area contributed by atoms with Crippen LogP contribution < -0.4 is 0 Å². The molecule has 0 radical (unpaired) electrons. The molecule has 0 aliphatic carbocycles. The van der Waals surface area contributed by atoms with Gasteiger partial charge in [-0.25, -0.2) is 0 Å². The SMILES string of the molecule is COC(OC)[SiH2]CCc1ccccn1. The lowest BCUT2D eigenvalue weighted by Gasteiger charge is -2.11. The van der Waals surface area contributed by atoms with Crippen LogP contribution in [0.15, 0.2) is 24.4 Å². The third-order valence-electron chi connectivity index (χ3n) is 2.12. The van der Waals surface area contributed by atoms with Gasteiger partial charge in [-0.05, 0) is 18.6 Å². The first-order chi connectivity index (χ1) is 6.86. The van der Waals surface area contributed by atoms with Gasteiger partial charge in [0.05, 0.1) is 9.52 Å². The number of rotatable bonds is 6. The van der Waals surface area contributed by atoms with Crippen molar-refractivity contribution < 1.29 is 9.47 Å². The van der Waals surface area contributed by atoms with Crippen LogP contribution >= 0.6 is 0 Å². The lowest BCUT2D eigenvalue weighted by molar-refractivity contribution is -0.0440. The van der Waals surface area contributed by atoms with Gasteiger partial charge in [-0.15, -0.1) is 0 Å². The third kappa shape index (κ3) is 4.00. The van der Waals surface area contributed by atoms with Gasteiger partial charge in [-0.3, -0.25) is 4.98 Å². The van der Waals surface area contributed by atoms with Crippen molar-refractivity contribution in [3.63, 3.8) is 0 Å². The molecule has 0 fully saturated rings. The average Bonchev–Trinajstić information content (AvgIpc) is 2.26. The van der Waals surface area contributed by atoms with Gasteiger partial charge < -0.3 is 9.47 Å². The second-order valence-corrected chi connectivity index (χ2v) is 5.07. The molecule has 0 aliphatic heterocycles. The number of aromatic nitrogens is 1. The molecule has 0 N–H and O–H groups in total. The zero-order valence-corrected chi connectivity index (χ0v) is 10.2. The predicted octanol–water partition coefficient (Wildman–Crippen LogP) is 0.788. The molecule has 1 aromatic rings. The topological polar surface area (TPSA) is 31.4 Å². The van der Waals surface area contributed by atoms with Crippen LogP contribution in [0.5, 0.6) is 0 Å². The quantitative estimate of drug-likeness (QED) is 0.515. The first kappa shape index (κ1) is 11.4. The highest BCUT2D eigenvalue weighted by atomic mass is 28.2. The van der Waals surface area contributed by atoms with Crippen LogP contribution in [-0.4, -0.2) is 34.6 Å². The normalized spacial score (nSPS) is 11.6. The molecule has 0 atom stereocenters. The Morgan fingerprint density at radius 3 is 2.71 bits per heavy atom. The van der Waals surface area contributed by atoms with E-state index in [2.05, 4.69) is 11.1 Å². The number of ether oxygens (including phenoxy) is 2. The van der Waals surface area contributed by atoms with Crippen molar-refractivity contribution in [1.29, 1.82) is 0 Å². The summed E-state index contributed by atoms with van der Waals surface area (Å²) in [6.07, 6.45) is 2.87. The molecule has 4 heteroatoms. The predicted molar refractivity (Wildman–Crippen MR) is 59.1 cm³/mol. The minimum Gasteiger partial charge on any atom is -0.360 e.